The van der Waals surface area contributed by atoms with Crippen molar-refractivity contribution < 1.29 is 13.0 Å². The Morgan fingerprint density at radius 1 is 1.33 bits per heavy atom. The van der Waals surface area contributed by atoms with Crippen LogP contribution in [0.3, 0.4) is 0 Å². The Labute approximate surface area is 114 Å². The van der Waals surface area contributed by atoms with E-state index in [0.717, 1.165) is 5.56 Å². The van der Waals surface area contributed by atoms with E-state index in [1.54, 1.807) is 19.1 Å². The van der Waals surface area contributed by atoms with Crippen LogP contribution in [0.2, 0.25) is 0 Å². The molecule has 0 heterocycles. The average molecular weight is 212 g/mol. The van der Waals surface area contributed by atoms with Gasteiger partial charge in [0.25, 0.3) is 10.1 Å². The zero-order chi connectivity index (χ0) is 8.48. The van der Waals surface area contributed by atoms with Gasteiger partial charge in [-0.1, -0.05) is 12.1 Å². The molecule has 0 bridgehead atoms. The molecule has 0 spiro atoms. The van der Waals surface area contributed by atoms with Crippen molar-refractivity contribution in [3.63, 3.8) is 0 Å². The van der Waals surface area contributed by atoms with Crippen LogP contribution in [0.25, 0.3) is 0 Å². The summed E-state index contributed by atoms with van der Waals surface area (Å²) in [7, 11) is -4.03. The maximum absolute atomic E-state index is 10.5. The molecule has 1 aromatic rings. The van der Waals surface area contributed by atoms with E-state index in [2.05, 4.69) is 0 Å². The fourth-order valence-electron chi connectivity index (χ4n) is 0.776. The van der Waals surface area contributed by atoms with Gasteiger partial charge in [0.1, 0.15) is 0 Å². The molecule has 0 saturated carbocycles. The van der Waals surface area contributed by atoms with Crippen LogP contribution in [0.15, 0.2) is 29.2 Å². The molecule has 0 radical (unpaired) electrons. The quantitative estimate of drug-likeness (QED) is 0.547. The van der Waals surface area contributed by atoms with Crippen molar-refractivity contribution >= 4 is 61.5 Å². The van der Waals surface area contributed by atoms with Crippen molar-refractivity contribution in [3.8, 4) is 0 Å². The Morgan fingerprint density at radius 2 is 1.92 bits per heavy atom. The van der Waals surface area contributed by atoms with Gasteiger partial charge < -0.3 is 0 Å². The number of hydrogen-bond acceptors (Lipinski definition) is 2. The van der Waals surface area contributed by atoms with Crippen molar-refractivity contribution in [1.29, 1.82) is 0 Å². The Kier molecular flexibility index (Phi) is 5.16. The summed E-state index contributed by atoms with van der Waals surface area (Å²) in [6, 6.07) is 6.10. The zero-order valence-electron chi connectivity index (χ0n) is 5.98. The molecule has 1 rings (SSSR count). The van der Waals surface area contributed by atoms with Gasteiger partial charge in [0, 0.05) is 0 Å². The molecule has 3 nitrogen and oxygen atoms in total. The van der Waals surface area contributed by atoms with Gasteiger partial charge in [-0.2, -0.15) is 8.42 Å². The SMILES string of the molecule is Cc1cccc(S(=O)(=O)O)c1.[KH]. The van der Waals surface area contributed by atoms with Crippen molar-refractivity contribution in [1.82, 2.24) is 0 Å². The van der Waals surface area contributed by atoms with E-state index in [-0.39, 0.29) is 56.3 Å². The third-order valence-corrected chi connectivity index (χ3v) is 2.14. The number of hydrogen-bond donors (Lipinski definition) is 1. The first-order valence-corrected chi connectivity index (χ1v) is 4.48. The monoisotopic (exact) mass is 212 g/mol. The molecule has 5 heteroatoms. The van der Waals surface area contributed by atoms with Crippen LogP contribution in [-0.2, 0) is 10.1 Å². The first kappa shape index (κ1) is 12.8. The van der Waals surface area contributed by atoms with E-state index in [9.17, 15) is 8.42 Å². The Hall–Kier alpha value is 0.766. The number of rotatable bonds is 1. The predicted molar refractivity (Wildman–Crippen MR) is 48.1 cm³/mol. The van der Waals surface area contributed by atoms with Gasteiger partial charge in [-0.15, -0.1) is 0 Å². The van der Waals surface area contributed by atoms with E-state index >= 15 is 0 Å². The Morgan fingerprint density at radius 3 is 2.25 bits per heavy atom. The topological polar surface area (TPSA) is 54.4 Å². The van der Waals surface area contributed by atoms with Crippen molar-refractivity contribution in [2.45, 2.75) is 11.8 Å². The van der Waals surface area contributed by atoms with E-state index in [1.807, 2.05) is 0 Å². The van der Waals surface area contributed by atoms with Gasteiger partial charge in [0.2, 0.25) is 0 Å². The molecule has 0 atom stereocenters. The third-order valence-electron chi connectivity index (χ3n) is 1.29. The normalized spacial score (nSPS) is 10.5. The minimum absolute atomic E-state index is 0. The summed E-state index contributed by atoms with van der Waals surface area (Å²) in [5.41, 5.74) is 0.806. The summed E-state index contributed by atoms with van der Waals surface area (Å²) in [6.45, 7) is 1.76. The number of benzene rings is 1. The van der Waals surface area contributed by atoms with E-state index in [4.69, 9.17) is 4.55 Å². The van der Waals surface area contributed by atoms with Crippen LogP contribution < -0.4 is 0 Å². The standard InChI is InChI=1S/C7H8O3S.K.H/c1-6-3-2-4-7(5-6)11(8,9)10;;/h2-5H,1H3,(H,8,9,10);;. The molecule has 62 valence electrons. The van der Waals surface area contributed by atoms with Gasteiger partial charge in [0.15, 0.2) is 0 Å². The van der Waals surface area contributed by atoms with Crippen molar-refractivity contribution in [3.05, 3.63) is 29.8 Å². The minimum atomic E-state index is -4.03. The molecular weight excluding hydrogens is 203 g/mol. The third kappa shape index (κ3) is 3.65. The first-order chi connectivity index (χ1) is 5.00. The molecule has 0 aliphatic rings. The van der Waals surface area contributed by atoms with Crippen LogP contribution in [0.4, 0.5) is 0 Å². The summed E-state index contributed by atoms with van der Waals surface area (Å²) in [5, 5.41) is 0. The fraction of sp³-hybridized carbons (Fsp3) is 0.143. The first-order valence-electron chi connectivity index (χ1n) is 3.04. The molecule has 1 N–H and O–H groups in total. The summed E-state index contributed by atoms with van der Waals surface area (Å²) in [6.07, 6.45) is 0. The molecule has 0 saturated heterocycles. The molecule has 0 aliphatic heterocycles. The van der Waals surface area contributed by atoms with Crippen LogP contribution in [0.1, 0.15) is 5.56 Å². The maximum atomic E-state index is 10.5. The van der Waals surface area contributed by atoms with E-state index < -0.39 is 10.1 Å². The molecule has 0 fully saturated rings. The molecule has 1 aromatic carbocycles. The van der Waals surface area contributed by atoms with Gasteiger partial charge in [-0.25, -0.2) is 0 Å². The van der Waals surface area contributed by atoms with Gasteiger partial charge in [-0.05, 0) is 24.6 Å². The van der Waals surface area contributed by atoms with Gasteiger partial charge >= 0.3 is 51.4 Å². The van der Waals surface area contributed by atoms with Crippen LogP contribution >= 0.6 is 0 Å². The second kappa shape index (κ2) is 4.85. The summed E-state index contributed by atoms with van der Waals surface area (Å²) in [5.74, 6) is 0. The van der Waals surface area contributed by atoms with Gasteiger partial charge in [0.05, 0.1) is 4.90 Å². The van der Waals surface area contributed by atoms with Gasteiger partial charge in [-0.3, -0.25) is 4.55 Å². The van der Waals surface area contributed by atoms with E-state index in [1.165, 1.54) is 12.1 Å². The summed E-state index contributed by atoms with van der Waals surface area (Å²) >= 11 is 0. The van der Waals surface area contributed by atoms with Crippen LogP contribution in [0, 0.1) is 6.92 Å². The molecule has 0 amide bonds. The summed E-state index contributed by atoms with van der Waals surface area (Å²) in [4.78, 5) is -0.0579. The van der Waals surface area contributed by atoms with Crippen molar-refractivity contribution in [2.75, 3.05) is 0 Å². The van der Waals surface area contributed by atoms with Crippen LogP contribution in [0.5, 0.6) is 0 Å². The molecule has 0 aliphatic carbocycles. The predicted octanol–water partition coefficient (Wildman–Crippen LogP) is 0.593. The van der Waals surface area contributed by atoms with Crippen LogP contribution in [-0.4, -0.2) is 64.4 Å². The average Bonchev–Trinajstić information content (AvgIpc) is 1.86. The second-order valence-corrected chi connectivity index (χ2v) is 3.71. The summed E-state index contributed by atoms with van der Waals surface area (Å²) < 4.78 is 29.7. The number of aryl methyl sites for hydroxylation is 1. The molecule has 12 heavy (non-hydrogen) atoms. The van der Waals surface area contributed by atoms with Crippen molar-refractivity contribution in [2.24, 2.45) is 0 Å². The van der Waals surface area contributed by atoms with E-state index in [0.29, 0.717) is 0 Å². The molecule has 0 unspecified atom stereocenters. The molecule has 0 aromatic heterocycles. The Bertz CT molecular complexity index is 359. The molecular formula is C7H9KO3S. The fourth-order valence-corrected chi connectivity index (χ4v) is 1.36. The second-order valence-electron chi connectivity index (χ2n) is 2.29. The Balaban J connectivity index is 0.00000121. The zero-order valence-corrected chi connectivity index (χ0v) is 6.80.